The number of nitrogens with one attached hydrogen (secondary N) is 1. The van der Waals surface area contributed by atoms with E-state index in [0.717, 1.165) is 31.2 Å². The van der Waals surface area contributed by atoms with Crippen LogP contribution in [-0.4, -0.2) is 33.7 Å². The third-order valence-electron chi connectivity index (χ3n) is 6.89. The van der Waals surface area contributed by atoms with Gasteiger partial charge in [0.25, 0.3) is 5.69 Å². The lowest BCUT2D eigenvalue weighted by atomic mass is 10.0. The van der Waals surface area contributed by atoms with Crippen molar-refractivity contribution in [3.8, 4) is 0 Å². The van der Waals surface area contributed by atoms with Crippen LogP contribution in [0.3, 0.4) is 0 Å². The standard InChI is InChI=1S/C29H29Cl2N3O4/c30-24-14-8-15-25(31)23(24)19-33(28(35)18-21-11-4-7-16-26(21)34(37)38)27(17-20-9-2-1-3-10-20)29(36)32-22-12-5-6-13-22/h1-4,7-11,14-16,22,27H,5-6,12-13,17-19H2,(H,32,36). The van der Waals surface area contributed by atoms with Gasteiger partial charge in [-0.15, -0.1) is 0 Å². The summed E-state index contributed by atoms with van der Waals surface area (Å²) in [5, 5.41) is 15.5. The maximum absolute atomic E-state index is 13.9. The molecule has 7 nitrogen and oxygen atoms in total. The molecule has 4 rings (SSSR count). The zero-order valence-corrected chi connectivity index (χ0v) is 22.3. The third-order valence-corrected chi connectivity index (χ3v) is 7.60. The van der Waals surface area contributed by atoms with Gasteiger partial charge in [0.1, 0.15) is 6.04 Å². The number of halogens is 2. The van der Waals surface area contributed by atoms with Crippen molar-refractivity contribution in [1.29, 1.82) is 0 Å². The Kier molecular flexibility index (Phi) is 9.37. The fourth-order valence-corrected chi connectivity index (χ4v) is 5.40. The Hall–Kier alpha value is -3.42. The Bertz CT molecular complexity index is 1280. The summed E-state index contributed by atoms with van der Waals surface area (Å²) in [6.07, 6.45) is 3.90. The fourth-order valence-electron chi connectivity index (χ4n) is 4.88. The molecule has 1 fully saturated rings. The van der Waals surface area contributed by atoms with Crippen LogP contribution in [0, 0.1) is 10.1 Å². The lowest BCUT2D eigenvalue weighted by molar-refractivity contribution is -0.385. The first-order valence-electron chi connectivity index (χ1n) is 12.6. The lowest BCUT2D eigenvalue weighted by Crippen LogP contribution is -2.52. The second kappa shape index (κ2) is 12.9. The van der Waals surface area contributed by atoms with Crippen LogP contribution in [0.25, 0.3) is 0 Å². The highest BCUT2D eigenvalue weighted by atomic mass is 35.5. The Morgan fingerprint density at radius 2 is 1.58 bits per heavy atom. The van der Waals surface area contributed by atoms with E-state index < -0.39 is 16.9 Å². The Balaban J connectivity index is 1.73. The predicted octanol–water partition coefficient (Wildman–Crippen LogP) is 6.14. The van der Waals surface area contributed by atoms with E-state index in [0.29, 0.717) is 15.6 Å². The van der Waals surface area contributed by atoms with Crippen LogP contribution >= 0.6 is 23.2 Å². The molecule has 2 amide bonds. The molecular weight excluding hydrogens is 525 g/mol. The van der Waals surface area contributed by atoms with Crippen molar-refractivity contribution in [3.63, 3.8) is 0 Å². The molecule has 9 heteroatoms. The Morgan fingerprint density at radius 1 is 0.947 bits per heavy atom. The van der Waals surface area contributed by atoms with E-state index in [-0.39, 0.29) is 42.6 Å². The van der Waals surface area contributed by atoms with E-state index in [1.165, 1.54) is 11.0 Å². The molecule has 0 spiro atoms. The van der Waals surface area contributed by atoms with Crippen LogP contribution in [0.4, 0.5) is 5.69 Å². The average molecular weight is 554 g/mol. The molecule has 1 atom stereocenters. The topological polar surface area (TPSA) is 92.6 Å². The minimum Gasteiger partial charge on any atom is -0.352 e. The second-order valence-corrected chi connectivity index (χ2v) is 10.3. The fraction of sp³-hybridized carbons (Fsp3) is 0.310. The number of carbonyl (C=O) groups excluding carboxylic acids is 2. The van der Waals surface area contributed by atoms with Crippen molar-refractivity contribution < 1.29 is 14.5 Å². The minimum absolute atomic E-state index is 0.0203. The molecule has 1 N–H and O–H groups in total. The van der Waals surface area contributed by atoms with Crippen molar-refractivity contribution in [2.75, 3.05) is 0 Å². The molecule has 0 aromatic heterocycles. The molecule has 0 saturated heterocycles. The molecule has 38 heavy (non-hydrogen) atoms. The van der Waals surface area contributed by atoms with Crippen molar-refractivity contribution in [2.24, 2.45) is 0 Å². The number of carbonyl (C=O) groups is 2. The van der Waals surface area contributed by atoms with Crippen molar-refractivity contribution >= 4 is 40.7 Å². The van der Waals surface area contributed by atoms with Crippen LogP contribution in [0.2, 0.25) is 10.0 Å². The highest BCUT2D eigenvalue weighted by Gasteiger charge is 2.33. The number of benzene rings is 3. The molecule has 198 valence electrons. The summed E-state index contributed by atoms with van der Waals surface area (Å²) in [5.74, 6) is -0.697. The quantitative estimate of drug-likeness (QED) is 0.241. The smallest absolute Gasteiger partial charge is 0.273 e. The maximum atomic E-state index is 13.9. The van der Waals surface area contributed by atoms with Crippen LogP contribution < -0.4 is 5.32 Å². The van der Waals surface area contributed by atoms with E-state index in [1.807, 2.05) is 30.3 Å². The molecule has 0 radical (unpaired) electrons. The van der Waals surface area contributed by atoms with Gasteiger partial charge in [-0.2, -0.15) is 0 Å². The molecule has 0 bridgehead atoms. The van der Waals surface area contributed by atoms with Crippen LogP contribution in [-0.2, 0) is 29.0 Å². The minimum atomic E-state index is -0.874. The molecular formula is C29H29Cl2N3O4. The number of rotatable bonds is 10. The number of hydrogen-bond donors (Lipinski definition) is 1. The SMILES string of the molecule is O=C(NC1CCCC1)C(Cc1ccccc1)N(Cc1c(Cl)cccc1Cl)C(=O)Cc1ccccc1[N+](=O)[O-]. The number of hydrogen-bond acceptors (Lipinski definition) is 4. The molecule has 3 aromatic carbocycles. The van der Waals surface area contributed by atoms with Crippen molar-refractivity contribution in [1.82, 2.24) is 10.2 Å². The van der Waals surface area contributed by atoms with E-state index in [9.17, 15) is 19.7 Å². The van der Waals surface area contributed by atoms with E-state index in [2.05, 4.69) is 5.32 Å². The van der Waals surface area contributed by atoms with Gasteiger partial charge in [-0.25, -0.2) is 0 Å². The molecule has 3 aromatic rings. The molecule has 1 saturated carbocycles. The van der Waals surface area contributed by atoms with Gasteiger partial charge in [0.2, 0.25) is 11.8 Å². The van der Waals surface area contributed by atoms with Crippen LogP contribution in [0.5, 0.6) is 0 Å². The van der Waals surface area contributed by atoms with Gasteiger partial charge >= 0.3 is 0 Å². The lowest BCUT2D eigenvalue weighted by Gasteiger charge is -2.33. The first-order valence-corrected chi connectivity index (χ1v) is 13.4. The molecule has 0 heterocycles. The summed E-state index contributed by atoms with van der Waals surface area (Å²) in [6.45, 7) is -0.0203. The first-order chi connectivity index (χ1) is 18.3. The highest BCUT2D eigenvalue weighted by Crippen LogP contribution is 2.29. The number of amides is 2. The van der Waals surface area contributed by atoms with Crippen LogP contribution in [0.15, 0.2) is 72.8 Å². The summed E-state index contributed by atoms with van der Waals surface area (Å²) in [4.78, 5) is 40.2. The normalized spacial score (nSPS) is 14.2. The summed E-state index contributed by atoms with van der Waals surface area (Å²) < 4.78 is 0. The summed E-state index contributed by atoms with van der Waals surface area (Å²) in [7, 11) is 0. The van der Waals surface area contributed by atoms with Gasteiger partial charge < -0.3 is 10.2 Å². The molecule has 1 unspecified atom stereocenters. The zero-order valence-electron chi connectivity index (χ0n) is 20.8. The van der Waals surface area contributed by atoms with Gasteiger partial charge in [-0.3, -0.25) is 19.7 Å². The van der Waals surface area contributed by atoms with Gasteiger partial charge in [0.05, 0.1) is 11.3 Å². The maximum Gasteiger partial charge on any atom is 0.273 e. The van der Waals surface area contributed by atoms with Crippen molar-refractivity contribution in [2.45, 2.75) is 57.2 Å². The monoisotopic (exact) mass is 553 g/mol. The van der Waals surface area contributed by atoms with Gasteiger partial charge in [0.15, 0.2) is 0 Å². The van der Waals surface area contributed by atoms with Crippen molar-refractivity contribution in [3.05, 3.63) is 110 Å². The molecule has 0 aliphatic heterocycles. The van der Waals surface area contributed by atoms with Gasteiger partial charge in [-0.1, -0.05) is 90.6 Å². The highest BCUT2D eigenvalue weighted by molar-refractivity contribution is 6.36. The number of nitro benzene ring substituents is 1. The average Bonchev–Trinajstić information content (AvgIpc) is 3.41. The number of nitro groups is 1. The number of nitrogens with zero attached hydrogens (tertiary/aromatic N) is 2. The molecule has 1 aliphatic carbocycles. The molecule has 1 aliphatic rings. The summed E-state index contributed by atoms with van der Waals surface area (Å²) in [5.41, 5.74) is 1.52. The zero-order chi connectivity index (χ0) is 27.1. The van der Waals surface area contributed by atoms with Gasteiger partial charge in [0, 0.05) is 46.2 Å². The second-order valence-electron chi connectivity index (χ2n) is 9.48. The van der Waals surface area contributed by atoms with E-state index in [4.69, 9.17) is 23.2 Å². The van der Waals surface area contributed by atoms with E-state index >= 15 is 0 Å². The van der Waals surface area contributed by atoms with Gasteiger partial charge in [-0.05, 0) is 30.5 Å². The Morgan fingerprint density at radius 3 is 2.24 bits per heavy atom. The summed E-state index contributed by atoms with van der Waals surface area (Å²) >= 11 is 12.9. The number of para-hydroxylation sites is 1. The predicted molar refractivity (Wildman–Crippen MR) is 148 cm³/mol. The van der Waals surface area contributed by atoms with E-state index in [1.54, 1.807) is 36.4 Å². The Labute approximate surface area is 231 Å². The largest absolute Gasteiger partial charge is 0.352 e. The summed E-state index contributed by atoms with van der Waals surface area (Å²) in [6, 6.07) is 19.8. The third kappa shape index (κ3) is 6.91. The van der Waals surface area contributed by atoms with Crippen LogP contribution in [0.1, 0.15) is 42.4 Å². The first kappa shape index (κ1) is 27.6.